The average Bonchev–Trinajstić information content (AvgIpc) is 2.42. The number of alkyl halides is 3. The quantitative estimate of drug-likeness (QED) is 0.517. The maximum Gasteiger partial charge on any atom is 0.451 e. The van der Waals surface area contributed by atoms with Crippen LogP contribution in [0.15, 0.2) is 47.7 Å². The third kappa shape index (κ3) is 4.16. The Hall–Kier alpha value is -2.15. The van der Waals surface area contributed by atoms with Crippen LogP contribution >= 0.6 is 11.6 Å². The van der Waals surface area contributed by atoms with Gasteiger partial charge >= 0.3 is 6.18 Å². The van der Waals surface area contributed by atoms with Gasteiger partial charge in [-0.1, -0.05) is 23.7 Å². The summed E-state index contributed by atoms with van der Waals surface area (Å²) in [6.45, 7) is 0.273. The first-order valence-corrected chi connectivity index (χ1v) is 6.20. The summed E-state index contributed by atoms with van der Waals surface area (Å²) in [6.07, 6.45) is -1.66. The van der Waals surface area contributed by atoms with Crippen molar-refractivity contribution in [1.82, 2.24) is 9.55 Å². The Morgan fingerprint density at radius 3 is 2.67 bits per heavy atom. The van der Waals surface area contributed by atoms with Crippen molar-refractivity contribution in [1.29, 1.82) is 5.41 Å². The van der Waals surface area contributed by atoms with Gasteiger partial charge in [-0.3, -0.25) is 5.41 Å². The molecule has 0 atom stereocenters. The van der Waals surface area contributed by atoms with Gasteiger partial charge < -0.3 is 4.57 Å². The SMILES string of the molecule is N=C(/N=c1\ccccn1Cc1ccc(Cl)nc1)C(F)(F)F. The van der Waals surface area contributed by atoms with Crippen LogP contribution in [-0.2, 0) is 6.54 Å². The van der Waals surface area contributed by atoms with Gasteiger partial charge in [-0.25, -0.2) is 9.98 Å². The third-order valence-corrected chi connectivity index (χ3v) is 2.78. The Labute approximate surface area is 123 Å². The highest BCUT2D eigenvalue weighted by Gasteiger charge is 2.34. The molecule has 0 amide bonds. The smallest absolute Gasteiger partial charge is 0.328 e. The van der Waals surface area contributed by atoms with Crippen LogP contribution in [0.5, 0.6) is 0 Å². The Morgan fingerprint density at radius 1 is 1.29 bits per heavy atom. The van der Waals surface area contributed by atoms with Crippen molar-refractivity contribution >= 4 is 17.4 Å². The first-order valence-electron chi connectivity index (χ1n) is 5.82. The Kier molecular flexibility index (Phi) is 4.42. The summed E-state index contributed by atoms with van der Waals surface area (Å²) in [4.78, 5) is 7.22. The molecule has 0 radical (unpaired) electrons. The Balaban J connectivity index is 2.35. The molecular formula is C13H10ClF3N4. The number of amidine groups is 1. The number of hydrogen-bond donors (Lipinski definition) is 1. The van der Waals surface area contributed by atoms with Gasteiger partial charge in [0, 0.05) is 12.4 Å². The maximum absolute atomic E-state index is 12.4. The molecule has 2 aromatic heterocycles. The number of hydrogen-bond acceptors (Lipinski definition) is 2. The number of pyridine rings is 2. The van der Waals surface area contributed by atoms with Crippen LogP contribution in [0, 0.1) is 5.41 Å². The van der Waals surface area contributed by atoms with Gasteiger partial charge in [0.25, 0.3) is 0 Å². The fourth-order valence-corrected chi connectivity index (χ4v) is 1.69. The fraction of sp³-hybridized carbons (Fsp3) is 0.154. The largest absolute Gasteiger partial charge is 0.451 e. The molecule has 0 aromatic carbocycles. The van der Waals surface area contributed by atoms with Crippen molar-refractivity contribution in [3.63, 3.8) is 0 Å². The molecule has 0 spiro atoms. The lowest BCUT2D eigenvalue weighted by atomic mass is 10.3. The highest BCUT2D eigenvalue weighted by molar-refractivity contribution is 6.29. The number of aromatic nitrogens is 2. The van der Waals surface area contributed by atoms with Crippen LogP contribution < -0.4 is 5.49 Å². The number of nitrogens with zero attached hydrogens (tertiary/aromatic N) is 3. The first kappa shape index (κ1) is 15.2. The van der Waals surface area contributed by atoms with Gasteiger partial charge in [0.05, 0.1) is 6.54 Å². The zero-order chi connectivity index (χ0) is 15.5. The molecule has 0 saturated carbocycles. The summed E-state index contributed by atoms with van der Waals surface area (Å²) >= 11 is 5.68. The van der Waals surface area contributed by atoms with Crippen molar-refractivity contribution in [2.45, 2.75) is 12.7 Å². The molecule has 1 N–H and O–H groups in total. The summed E-state index contributed by atoms with van der Waals surface area (Å²) in [7, 11) is 0. The summed E-state index contributed by atoms with van der Waals surface area (Å²) < 4.78 is 38.6. The molecule has 0 aliphatic carbocycles. The van der Waals surface area contributed by atoms with Crippen molar-refractivity contribution in [3.8, 4) is 0 Å². The number of nitrogens with one attached hydrogen (secondary N) is 1. The minimum atomic E-state index is -4.77. The van der Waals surface area contributed by atoms with E-state index in [9.17, 15) is 13.2 Å². The fourth-order valence-electron chi connectivity index (χ4n) is 1.58. The second-order valence-corrected chi connectivity index (χ2v) is 4.52. The van der Waals surface area contributed by atoms with E-state index in [1.165, 1.54) is 16.8 Å². The van der Waals surface area contributed by atoms with Crippen molar-refractivity contribution in [2.24, 2.45) is 4.99 Å². The zero-order valence-electron chi connectivity index (χ0n) is 10.6. The van der Waals surface area contributed by atoms with E-state index < -0.39 is 12.0 Å². The molecule has 0 unspecified atom stereocenters. The first-order chi connectivity index (χ1) is 9.86. The molecule has 0 bridgehead atoms. The van der Waals surface area contributed by atoms with E-state index >= 15 is 0 Å². The van der Waals surface area contributed by atoms with Crippen LogP contribution in [0.3, 0.4) is 0 Å². The molecule has 0 aliphatic heterocycles. The Bertz CT molecular complexity index is 704. The maximum atomic E-state index is 12.4. The lowest BCUT2D eigenvalue weighted by molar-refractivity contribution is -0.0606. The third-order valence-electron chi connectivity index (χ3n) is 2.55. The summed E-state index contributed by atoms with van der Waals surface area (Å²) in [6, 6.07) is 7.94. The van der Waals surface area contributed by atoms with Gasteiger partial charge in [0.2, 0.25) is 5.84 Å². The van der Waals surface area contributed by atoms with Gasteiger partial charge in [0.1, 0.15) is 10.6 Å². The van der Waals surface area contributed by atoms with E-state index in [1.807, 2.05) is 0 Å². The predicted octanol–water partition coefficient (Wildman–Crippen LogP) is 3.03. The van der Waals surface area contributed by atoms with E-state index in [1.54, 1.807) is 30.5 Å². The highest BCUT2D eigenvalue weighted by atomic mass is 35.5. The van der Waals surface area contributed by atoms with Gasteiger partial charge in [-0.2, -0.15) is 13.2 Å². The van der Waals surface area contributed by atoms with Crippen LogP contribution in [-0.4, -0.2) is 21.6 Å². The van der Waals surface area contributed by atoms with Crippen LogP contribution in [0.1, 0.15) is 5.56 Å². The minimum absolute atomic E-state index is 0.0368. The molecule has 2 rings (SSSR count). The second kappa shape index (κ2) is 6.09. The molecule has 0 fully saturated rings. The molecule has 110 valence electrons. The molecule has 4 nitrogen and oxygen atoms in total. The minimum Gasteiger partial charge on any atom is -0.328 e. The van der Waals surface area contributed by atoms with Crippen LogP contribution in [0.2, 0.25) is 5.15 Å². The summed E-state index contributed by atoms with van der Waals surface area (Å²) in [5.41, 5.74) is 0.792. The van der Waals surface area contributed by atoms with Gasteiger partial charge in [-0.15, -0.1) is 0 Å². The van der Waals surface area contributed by atoms with E-state index in [2.05, 4.69) is 9.98 Å². The van der Waals surface area contributed by atoms with Gasteiger partial charge in [-0.05, 0) is 23.8 Å². The molecular weight excluding hydrogens is 305 g/mol. The summed E-state index contributed by atoms with van der Waals surface area (Å²) in [5.74, 6) is -1.64. The Morgan fingerprint density at radius 2 is 2.05 bits per heavy atom. The van der Waals surface area contributed by atoms with Gasteiger partial charge in [0.15, 0.2) is 0 Å². The lowest BCUT2D eigenvalue weighted by Gasteiger charge is -2.08. The summed E-state index contributed by atoms with van der Waals surface area (Å²) in [5, 5.41) is 7.28. The van der Waals surface area contributed by atoms with Crippen LogP contribution in [0.25, 0.3) is 0 Å². The molecule has 21 heavy (non-hydrogen) atoms. The topological polar surface area (TPSA) is 54.0 Å². The molecule has 2 aromatic rings. The lowest BCUT2D eigenvalue weighted by Crippen LogP contribution is -2.27. The predicted molar refractivity (Wildman–Crippen MR) is 72.1 cm³/mol. The molecule has 0 aliphatic rings. The zero-order valence-corrected chi connectivity index (χ0v) is 11.4. The van der Waals surface area contributed by atoms with E-state index in [-0.39, 0.29) is 12.0 Å². The van der Waals surface area contributed by atoms with Crippen molar-refractivity contribution < 1.29 is 13.2 Å². The van der Waals surface area contributed by atoms with E-state index in [0.717, 1.165) is 5.56 Å². The second-order valence-electron chi connectivity index (χ2n) is 4.13. The molecule has 0 saturated heterocycles. The van der Waals surface area contributed by atoms with Crippen molar-refractivity contribution in [2.75, 3.05) is 0 Å². The van der Waals surface area contributed by atoms with Crippen LogP contribution in [0.4, 0.5) is 13.2 Å². The monoisotopic (exact) mass is 314 g/mol. The number of rotatable bonds is 2. The molecule has 2 heterocycles. The average molecular weight is 315 g/mol. The molecule has 8 heteroatoms. The standard InChI is InChI=1S/C13H10ClF3N4/c14-10-5-4-9(7-19-10)8-21-6-2-1-3-11(21)20-12(18)13(15,16)17/h1-7,18H,8H2/b18-12?,20-11+. The number of halogens is 4. The van der Waals surface area contributed by atoms with E-state index in [4.69, 9.17) is 17.0 Å². The van der Waals surface area contributed by atoms with E-state index in [0.29, 0.717) is 5.15 Å². The normalized spacial score (nSPS) is 12.5. The highest BCUT2D eigenvalue weighted by Crippen LogP contribution is 2.16. The van der Waals surface area contributed by atoms with Crippen molar-refractivity contribution in [3.05, 3.63) is 58.9 Å².